The average molecular weight is 384 g/mol. The van der Waals surface area contributed by atoms with Crippen LogP contribution in [-0.2, 0) is 4.74 Å². The van der Waals surface area contributed by atoms with Crippen LogP contribution in [0.25, 0.3) is 17.0 Å². The number of imidazole rings is 1. The second-order valence-electron chi connectivity index (χ2n) is 7.42. The highest BCUT2D eigenvalue weighted by atomic mass is 35.5. The van der Waals surface area contributed by atoms with E-state index in [4.69, 9.17) is 21.3 Å². The van der Waals surface area contributed by atoms with Gasteiger partial charge in [-0.15, -0.1) is 0 Å². The van der Waals surface area contributed by atoms with Gasteiger partial charge in [0.05, 0.1) is 40.9 Å². The van der Waals surface area contributed by atoms with E-state index in [1.165, 1.54) is 0 Å². The van der Waals surface area contributed by atoms with Gasteiger partial charge in [0.1, 0.15) is 11.5 Å². The standard InChI is InChI=1S/C20H22ClN5O/c21-14-4-5-19-23-11-17(26(19)12-14)16-2-1-3-18(25-16)24-15-10-20(27-13-15)6-8-22-9-7-20/h1-5,11-12,15,22H,6-10,13H2,(H,24,25)/t15-/m1/s1. The molecule has 3 aromatic heterocycles. The van der Waals surface area contributed by atoms with Crippen molar-refractivity contribution in [1.82, 2.24) is 19.7 Å². The quantitative estimate of drug-likeness (QED) is 0.726. The average Bonchev–Trinajstić information content (AvgIpc) is 3.27. The van der Waals surface area contributed by atoms with Gasteiger partial charge in [0.15, 0.2) is 0 Å². The fraction of sp³-hybridized carbons (Fsp3) is 0.400. The maximum absolute atomic E-state index is 6.18. The summed E-state index contributed by atoms with van der Waals surface area (Å²) in [4.78, 5) is 9.25. The predicted molar refractivity (Wildman–Crippen MR) is 106 cm³/mol. The molecule has 3 aromatic rings. The summed E-state index contributed by atoms with van der Waals surface area (Å²) < 4.78 is 8.15. The van der Waals surface area contributed by atoms with E-state index < -0.39 is 0 Å². The summed E-state index contributed by atoms with van der Waals surface area (Å²) in [6.45, 7) is 2.81. The topological polar surface area (TPSA) is 63.5 Å². The zero-order valence-electron chi connectivity index (χ0n) is 15.0. The fourth-order valence-electron chi connectivity index (χ4n) is 4.18. The first-order valence-corrected chi connectivity index (χ1v) is 9.80. The van der Waals surface area contributed by atoms with E-state index in [2.05, 4.69) is 15.6 Å². The number of pyridine rings is 2. The Hall–Kier alpha value is -2.15. The first-order chi connectivity index (χ1) is 13.2. The largest absolute Gasteiger partial charge is 0.373 e. The number of nitrogens with one attached hydrogen (secondary N) is 2. The van der Waals surface area contributed by atoms with E-state index >= 15 is 0 Å². The second-order valence-corrected chi connectivity index (χ2v) is 7.85. The normalized spacial score (nSPS) is 21.7. The van der Waals surface area contributed by atoms with E-state index in [1.54, 1.807) is 0 Å². The molecular weight excluding hydrogens is 362 g/mol. The molecule has 0 bridgehead atoms. The van der Waals surface area contributed by atoms with Crippen molar-refractivity contribution in [2.45, 2.75) is 30.9 Å². The summed E-state index contributed by atoms with van der Waals surface area (Å²) in [5.74, 6) is 0.865. The van der Waals surface area contributed by atoms with Crippen molar-refractivity contribution >= 4 is 23.1 Å². The van der Waals surface area contributed by atoms with Crippen LogP contribution < -0.4 is 10.6 Å². The number of hydrogen-bond acceptors (Lipinski definition) is 5. The van der Waals surface area contributed by atoms with Gasteiger partial charge in [-0.1, -0.05) is 17.7 Å². The summed E-state index contributed by atoms with van der Waals surface area (Å²) >= 11 is 6.15. The molecule has 2 N–H and O–H groups in total. The van der Waals surface area contributed by atoms with Crippen molar-refractivity contribution in [2.24, 2.45) is 0 Å². The molecule has 5 rings (SSSR count). The van der Waals surface area contributed by atoms with E-state index in [1.807, 2.05) is 47.1 Å². The molecule has 6 nitrogen and oxygen atoms in total. The minimum Gasteiger partial charge on any atom is -0.373 e. The number of rotatable bonds is 3. The van der Waals surface area contributed by atoms with E-state index in [0.717, 1.165) is 61.8 Å². The molecular formula is C20H22ClN5O. The van der Waals surface area contributed by atoms with Crippen LogP contribution in [0.15, 0.2) is 42.7 Å². The summed E-state index contributed by atoms with van der Waals surface area (Å²) in [6, 6.07) is 10.1. The van der Waals surface area contributed by atoms with Gasteiger partial charge in [-0.05, 0) is 56.6 Å². The molecule has 140 valence electrons. The molecule has 7 heteroatoms. The van der Waals surface area contributed by atoms with Crippen LogP contribution in [0, 0.1) is 0 Å². The fourth-order valence-corrected chi connectivity index (χ4v) is 4.34. The zero-order chi connectivity index (χ0) is 18.3. The zero-order valence-corrected chi connectivity index (χ0v) is 15.7. The van der Waals surface area contributed by atoms with E-state index in [0.29, 0.717) is 11.1 Å². The Bertz CT molecular complexity index is 966. The van der Waals surface area contributed by atoms with Gasteiger partial charge >= 0.3 is 0 Å². The highest BCUT2D eigenvalue weighted by Gasteiger charge is 2.41. The van der Waals surface area contributed by atoms with Gasteiger partial charge < -0.3 is 15.4 Å². The number of hydrogen-bond donors (Lipinski definition) is 2. The van der Waals surface area contributed by atoms with Crippen LogP contribution >= 0.6 is 11.6 Å². The Morgan fingerprint density at radius 3 is 3.00 bits per heavy atom. The molecule has 27 heavy (non-hydrogen) atoms. The summed E-state index contributed by atoms with van der Waals surface area (Å²) in [5.41, 5.74) is 2.68. The molecule has 2 aliphatic rings. The van der Waals surface area contributed by atoms with Crippen LogP contribution in [0.1, 0.15) is 19.3 Å². The van der Waals surface area contributed by atoms with Crippen LogP contribution in [-0.4, -0.2) is 45.7 Å². The maximum atomic E-state index is 6.18. The van der Waals surface area contributed by atoms with Crippen LogP contribution in [0.4, 0.5) is 5.82 Å². The van der Waals surface area contributed by atoms with Crippen LogP contribution in [0.3, 0.4) is 0 Å². The molecule has 0 radical (unpaired) electrons. The number of piperidine rings is 1. The van der Waals surface area contributed by atoms with Gasteiger partial charge in [-0.2, -0.15) is 0 Å². The first-order valence-electron chi connectivity index (χ1n) is 9.42. The summed E-state index contributed by atoms with van der Waals surface area (Å²) in [6.07, 6.45) is 6.90. The highest BCUT2D eigenvalue weighted by molar-refractivity contribution is 6.30. The molecule has 0 saturated carbocycles. The lowest BCUT2D eigenvalue weighted by Crippen LogP contribution is -2.41. The third-order valence-electron chi connectivity index (χ3n) is 5.56. The van der Waals surface area contributed by atoms with Crippen molar-refractivity contribution in [1.29, 1.82) is 0 Å². The number of fused-ring (bicyclic) bond motifs is 1. The Balaban J connectivity index is 1.37. The SMILES string of the molecule is Clc1ccc2ncc(-c3cccc(N[C@H]4COC5(CCNCC5)C4)n3)n2c1. The smallest absolute Gasteiger partial charge is 0.137 e. The third-order valence-corrected chi connectivity index (χ3v) is 5.78. The molecule has 2 fully saturated rings. The van der Waals surface area contributed by atoms with Crippen molar-refractivity contribution in [3.05, 3.63) is 47.7 Å². The molecule has 5 heterocycles. The molecule has 1 atom stereocenters. The van der Waals surface area contributed by atoms with Crippen LogP contribution in [0.5, 0.6) is 0 Å². The van der Waals surface area contributed by atoms with Crippen LogP contribution in [0.2, 0.25) is 5.02 Å². The summed E-state index contributed by atoms with van der Waals surface area (Å²) in [5, 5.41) is 7.65. The third kappa shape index (κ3) is 3.29. The lowest BCUT2D eigenvalue weighted by Gasteiger charge is -2.32. The Morgan fingerprint density at radius 1 is 1.22 bits per heavy atom. The molecule has 0 unspecified atom stereocenters. The second kappa shape index (κ2) is 6.78. The van der Waals surface area contributed by atoms with Gasteiger partial charge in [0.2, 0.25) is 0 Å². The number of nitrogens with zero attached hydrogens (tertiary/aromatic N) is 3. The van der Waals surface area contributed by atoms with Crippen molar-refractivity contribution in [3.8, 4) is 11.4 Å². The predicted octanol–water partition coefficient (Wildman–Crippen LogP) is 3.37. The van der Waals surface area contributed by atoms with Gasteiger partial charge in [0.25, 0.3) is 0 Å². The van der Waals surface area contributed by atoms with Crippen molar-refractivity contribution < 1.29 is 4.74 Å². The Kier molecular flexibility index (Phi) is 4.27. The molecule has 0 amide bonds. The monoisotopic (exact) mass is 383 g/mol. The molecule has 2 saturated heterocycles. The molecule has 0 aliphatic carbocycles. The van der Waals surface area contributed by atoms with Gasteiger partial charge in [-0.3, -0.25) is 4.40 Å². The lowest BCUT2D eigenvalue weighted by molar-refractivity contribution is -0.0192. The van der Waals surface area contributed by atoms with Gasteiger partial charge in [-0.25, -0.2) is 9.97 Å². The highest BCUT2D eigenvalue weighted by Crippen LogP contribution is 2.35. The van der Waals surface area contributed by atoms with Crippen molar-refractivity contribution in [3.63, 3.8) is 0 Å². The Morgan fingerprint density at radius 2 is 2.11 bits per heavy atom. The Labute approximate surface area is 162 Å². The minimum absolute atomic E-state index is 0.0406. The number of anilines is 1. The number of halogens is 1. The molecule has 0 aromatic carbocycles. The summed E-state index contributed by atoms with van der Waals surface area (Å²) in [7, 11) is 0. The van der Waals surface area contributed by atoms with Gasteiger partial charge in [0, 0.05) is 6.20 Å². The van der Waals surface area contributed by atoms with E-state index in [-0.39, 0.29) is 5.60 Å². The minimum atomic E-state index is 0.0406. The molecule has 1 spiro atoms. The van der Waals surface area contributed by atoms with E-state index in [9.17, 15) is 0 Å². The van der Waals surface area contributed by atoms with Crippen molar-refractivity contribution in [2.75, 3.05) is 25.0 Å². The molecule has 2 aliphatic heterocycles. The number of aromatic nitrogens is 3. The first kappa shape index (κ1) is 17.0. The lowest BCUT2D eigenvalue weighted by atomic mass is 9.88. The number of ether oxygens (including phenoxy) is 1. The maximum Gasteiger partial charge on any atom is 0.137 e.